The van der Waals surface area contributed by atoms with Gasteiger partial charge in [-0.2, -0.15) is 0 Å². The maximum absolute atomic E-state index is 4.96. The second-order valence-corrected chi connectivity index (χ2v) is 7.55. The first kappa shape index (κ1) is 22.4. The minimum Gasteiger partial charge on any atom is -0.357 e. The van der Waals surface area contributed by atoms with E-state index in [4.69, 9.17) is 4.99 Å². The Morgan fingerprint density at radius 2 is 1.85 bits per heavy atom. The Kier molecular flexibility index (Phi) is 9.86. The molecule has 3 rings (SSSR count). The van der Waals surface area contributed by atoms with Crippen molar-refractivity contribution in [3.8, 4) is 0 Å². The van der Waals surface area contributed by atoms with E-state index in [1.54, 1.807) is 0 Å². The average molecular weight is 485 g/mol. The van der Waals surface area contributed by atoms with Gasteiger partial charge in [-0.15, -0.1) is 24.0 Å². The molecule has 2 atom stereocenters. The molecule has 0 aromatic heterocycles. The van der Waals surface area contributed by atoms with Gasteiger partial charge >= 0.3 is 0 Å². The Labute approximate surface area is 182 Å². The molecule has 1 aromatic rings. The standard InChI is InChI=1S/C21H35N5.HI/c1-3-22-21(23-16-19-12-9-13-25(19)2)24-17-20(26-14-7-8-15-26)18-10-5-4-6-11-18;/h4-6,10-11,19-20H,3,7-9,12-17H2,1-2H3,(H2,22,23,24);1H. The summed E-state index contributed by atoms with van der Waals surface area (Å²) in [6, 6.07) is 11.9. The second-order valence-electron chi connectivity index (χ2n) is 7.55. The molecule has 2 unspecified atom stereocenters. The third kappa shape index (κ3) is 6.61. The third-order valence-corrected chi connectivity index (χ3v) is 5.71. The minimum absolute atomic E-state index is 0. The van der Waals surface area contributed by atoms with Crippen molar-refractivity contribution in [1.82, 2.24) is 20.4 Å². The summed E-state index contributed by atoms with van der Waals surface area (Å²) >= 11 is 0. The van der Waals surface area contributed by atoms with E-state index >= 15 is 0 Å². The molecule has 0 bridgehead atoms. The fourth-order valence-electron chi connectivity index (χ4n) is 4.13. The Bertz CT molecular complexity index is 559. The molecular formula is C21H36IN5. The number of aliphatic imine (C=N–C) groups is 1. The minimum atomic E-state index is 0. The van der Waals surface area contributed by atoms with E-state index in [1.165, 1.54) is 50.9 Å². The van der Waals surface area contributed by atoms with Crippen LogP contribution in [0, 0.1) is 0 Å². The third-order valence-electron chi connectivity index (χ3n) is 5.71. The van der Waals surface area contributed by atoms with Gasteiger partial charge < -0.3 is 15.5 Å². The summed E-state index contributed by atoms with van der Waals surface area (Å²) in [6.45, 7) is 8.39. The van der Waals surface area contributed by atoms with Crippen LogP contribution in [0.4, 0.5) is 0 Å². The number of rotatable bonds is 7. The highest BCUT2D eigenvalue weighted by atomic mass is 127. The van der Waals surface area contributed by atoms with Crippen molar-refractivity contribution in [2.24, 2.45) is 4.99 Å². The summed E-state index contributed by atoms with van der Waals surface area (Å²) < 4.78 is 0. The molecule has 2 aliphatic rings. The monoisotopic (exact) mass is 485 g/mol. The predicted molar refractivity (Wildman–Crippen MR) is 125 cm³/mol. The van der Waals surface area contributed by atoms with Gasteiger partial charge in [0.05, 0.1) is 12.6 Å². The number of benzene rings is 1. The van der Waals surface area contributed by atoms with Gasteiger partial charge in [-0.3, -0.25) is 9.89 Å². The maximum Gasteiger partial charge on any atom is 0.191 e. The van der Waals surface area contributed by atoms with E-state index < -0.39 is 0 Å². The Balaban J connectivity index is 0.00000261. The van der Waals surface area contributed by atoms with Crippen molar-refractivity contribution in [1.29, 1.82) is 0 Å². The van der Waals surface area contributed by atoms with Crippen molar-refractivity contribution in [3.05, 3.63) is 35.9 Å². The number of hydrogen-bond acceptors (Lipinski definition) is 3. The quantitative estimate of drug-likeness (QED) is 0.354. The van der Waals surface area contributed by atoms with Gasteiger partial charge in [0.2, 0.25) is 0 Å². The number of halogens is 1. The van der Waals surface area contributed by atoms with Crippen molar-refractivity contribution >= 4 is 29.9 Å². The molecule has 2 fully saturated rings. The van der Waals surface area contributed by atoms with Crippen LogP contribution in [0.15, 0.2) is 35.3 Å². The van der Waals surface area contributed by atoms with Crippen LogP contribution in [0.5, 0.6) is 0 Å². The Morgan fingerprint density at radius 1 is 1.11 bits per heavy atom. The Hall–Kier alpha value is -0.860. The van der Waals surface area contributed by atoms with Crippen LogP contribution in [0.3, 0.4) is 0 Å². The molecule has 0 radical (unpaired) electrons. The van der Waals surface area contributed by atoms with Gasteiger partial charge in [0.25, 0.3) is 0 Å². The van der Waals surface area contributed by atoms with Crippen LogP contribution in [0.25, 0.3) is 0 Å². The van der Waals surface area contributed by atoms with Crippen LogP contribution in [-0.4, -0.2) is 68.1 Å². The maximum atomic E-state index is 4.96. The van der Waals surface area contributed by atoms with Crippen LogP contribution in [0.2, 0.25) is 0 Å². The number of guanidine groups is 1. The van der Waals surface area contributed by atoms with Gasteiger partial charge in [0.1, 0.15) is 0 Å². The van der Waals surface area contributed by atoms with E-state index in [0.29, 0.717) is 12.1 Å². The zero-order valence-electron chi connectivity index (χ0n) is 16.9. The lowest BCUT2D eigenvalue weighted by Gasteiger charge is -2.27. The molecule has 0 saturated carbocycles. The largest absolute Gasteiger partial charge is 0.357 e. The van der Waals surface area contributed by atoms with Gasteiger partial charge in [-0.05, 0) is 64.9 Å². The number of likely N-dealkylation sites (tertiary alicyclic amines) is 2. The summed E-state index contributed by atoms with van der Waals surface area (Å²) in [5.74, 6) is 0.952. The van der Waals surface area contributed by atoms with E-state index in [1.807, 2.05) is 0 Å². The van der Waals surface area contributed by atoms with E-state index in [0.717, 1.165) is 25.6 Å². The number of nitrogens with zero attached hydrogens (tertiary/aromatic N) is 3. The highest BCUT2D eigenvalue weighted by Crippen LogP contribution is 2.25. The van der Waals surface area contributed by atoms with Gasteiger partial charge in [-0.1, -0.05) is 30.3 Å². The van der Waals surface area contributed by atoms with Crippen molar-refractivity contribution in [2.75, 3.05) is 46.3 Å². The first-order valence-corrected chi connectivity index (χ1v) is 10.3. The molecule has 2 aliphatic heterocycles. The summed E-state index contributed by atoms with van der Waals surface area (Å²) in [4.78, 5) is 10.00. The highest BCUT2D eigenvalue weighted by molar-refractivity contribution is 14.0. The zero-order valence-corrected chi connectivity index (χ0v) is 19.2. The summed E-state index contributed by atoms with van der Waals surface area (Å²) in [5, 5.41) is 6.99. The molecule has 0 spiro atoms. The molecular weight excluding hydrogens is 449 g/mol. The van der Waals surface area contributed by atoms with Gasteiger partial charge in [0.15, 0.2) is 5.96 Å². The number of hydrogen-bond donors (Lipinski definition) is 2. The lowest BCUT2D eigenvalue weighted by molar-refractivity contribution is 0.251. The first-order chi connectivity index (χ1) is 12.8. The van der Waals surface area contributed by atoms with Crippen molar-refractivity contribution in [2.45, 2.75) is 44.7 Å². The second kappa shape index (κ2) is 11.9. The average Bonchev–Trinajstić information content (AvgIpc) is 3.33. The molecule has 152 valence electrons. The summed E-state index contributed by atoms with van der Waals surface area (Å²) in [6.07, 6.45) is 5.20. The molecule has 5 nitrogen and oxygen atoms in total. The van der Waals surface area contributed by atoms with Crippen LogP contribution in [0.1, 0.15) is 44.2 Å². The number of likely N-dealkylation sites (N-methyl/N-ethyl adjacent to an activating group) is 1. The van der Waals surface area contributed by atoms with Crippen LogP contribution in [-0.2, 0) is 0 Å². The molecule has 0 amide bonds. The molecule has 6 heteroatoms. The van der Waals surface area contributed by atoms with E-state index in [-0.39, 0.29) is 24.0 Å². The van der Waals surface area contributed by atoms with Crippen LogP contribution < -0.4 is 10.6 Å². The number of nitrogens with one attached hydrogen (secondary N) is 2. The molecule has 27 heavy (non-hydrogen) atoms. The molecule has 0 aliphatic carbocycles. The topological polar surface area (TPSA) is 42.9 Å². The first-order valence-electron chi connectivity index (χ1n) is 10.3. The molecule has 2 N–H and O–H groups in total. The van der Waals surface area contributed by atoms with Gasteiger partial charge in [0, 0.05) is 19.1 Å². The smallest absolute Gasteiger partial charge is 0.191 e. The molecule has 2 heterocycles. The zero-order chi connectivity index (χ0) is 18.2. The lowest BCUT2D eigenvalue weighted by Crippen LogP contribution is -2.44. The van der Waals surface area contributed by atoms with E-state index in [2.05, 4.69) is 64.7 Å². The fourth-order valence-corrected chi connectivity index (χ4v) is 4.13. The summed E-state index contributed by atoms with van der Waals surface area (Å²) in [7, 11) is 2.22. The Morgan fingerprint density at radius 3 is 2.48 bits per heavy atom. The van der Waals surface area contributed by atoms with E-state index in [9.17, 15) is 0 Å². The highest BCUT2D eigenvalue weighted by Gasteiger charge is 2.24. The van der Waals surface area contributed by atoms with Crippen molar-refractivity contribution in [3.63, 3.8) is 0 Å². The van der Waals surface area contributed by atoms with Crippen molar-refractivity contribution < 1.29 is 0 Å². The fraction of sp³-hybridized carbons (Fsp3) is 0.667. The predicted octanol–water partition coefficient (Wildman–Crippen LogP) is 3.09. The van der Waals surface area contributed by atoms with Crippen LogP contribution >= 0.6 is 24.0 Å². The molecule has 1 aromatic carbocycles. The SMILES string of the molecule is CCNC(=NCC(c1ccccc1)N1CCCC1)NCC1CCCN1C.I. The lowest BCUT2D eigenvalue weighted by atomic mass is 10.1. The summed E-state index contributed by atoms with van der Waals surface area (Å²) in [5.41, 5.74) is 1.38. The van der Waals surface area contributed by atoms with Gasteiger partial charge in [-0.25, -0.2) is 0 Å². The molecule has 2 saturated heterocycles. The normalized spacial score (nSPS) is 22.4.